The third-order valence-corrected chi connectivity index (χ3v) is 4.02. The lowest BCUT2D eigenvalue weighted by Crippen LogP contribution is -2.28. The van der Waals surface area contributed by atoms with Gasteiger partial charge in [0, 0.05) is 23.5 Å². The van der Waals surface area contributed by atoms with Crippen molar-refractivity contribution in [2.45, 2.75) is 18.2 Å². The highest BCUT2D eigenvalue weighted by atomic mass is 32.2. The Hall–Kier alpha value is -0.800. The van der Waals surface area contributed by atoms with Gasteiger partial charge in [-0.15, -0.1) is 11.8 Å². The Labute approximate surface area is 107 Å². The Bertz CT molecular complexity index is 428. The zero-order valence-corrected chi connectivity index (χ0v) is 11.2. The van der Waals surface area contributed by atoms with Gasteiger partial charge >= 0.3 is 0 Å². The molecule has 0 N–H and O–H groups in total. The molecule has 0 unspecified atom stereocenters. The number of nitrogens with zero attached hydrogens (tertiary/aromatic N) is 1. The molecule has 0 aromatic heterocycles. The Morgan fingerprint density at radius 3 is 2.82 bits per heavy atom. The molecule has 0 bridgehead atoms. The van der Waals surface area contributed by atoms with Gasteiger partial charge in [0.1, 0.15) is 5.82 Å². The summed E-state index contributed by atoms with van der Waals surface area (Å²) in [4.78, 5) is 3.10. The molecule has 1 aromatic carbocycles. The number of hydrogen-bond donors (Lipinski definition) is 0. The number of likely N-dealkylation sites (N-methyl/N-ethyl adjacent to an activating group) is 1. The summed E-state index contributed by atoms with van der Waals surface area (Å²) in [6, 6.07) is 5.67. The van der Waals surface area contributed by atoms with Crippen LogP contribution < -0.4 is 0 Å². The van der Waals surface area contributed by atoms with Crippen LogP contribution in [-0.4, -0.2) is 30.8 Å². The van der Waals surface area contributed by atoms with E-state index in [4.69, 9.17) is 0 Å². The smallest absolute Gasteiger partial charge is 0.144 e. The van der Waals surface area contributed by atoms with Gasteiger partial charge in [-0.25, -0.2) is 4.39 Å². The molecule has 0 radical (unpaired) electrons. The molecule has 0 saturated carbocycles. The van der Waals surface area contributed by atoms with E-state index < -0.39 is 0 Å². The second-order valence-corrected chi connectivity index (χ2v) is 5.04. The summed E-state index contributed by atoms with van der Waals surface area (Å²) in [5.74, 6) is -0.0591. The van der Waals surface area contributed by atoms with Gasteiger partial charge in [-0.05, 0) is 30.9 Å². The normalized spacial score (nSPS) is 17.0. The van der Waals surface area contributed by atoms with E-state index in [0.717, 1.165) is 42.1 Å². The van der Waals surface area contributed by atoms with E-state index in [1.165, 1.54) is 11.8 Å². The van der Waals surface area contributed by atoms with Crippen LogP contribution in [0.4, 0.5) is 4.39 Å². The average molecular weight is 251 g/mol. The van der Waals surface area contributed by atoms with Crippen LogP contribution in [0.1, 0.15) is 18.9 Å². The van der Waals surface area contributed by atoms with Gasteiger partial charge < -0.3 is 0 Å². The molecule has 1 nitrogen and oxygen atoms in total. The number of benzene rings is 1. The van der Waals surface area contributed by atoms with Crippen LogP contribution in [-0.2, 0) is 0 Å². The summed E-state index contributed by atoms with van der Waals surface area (Å²) in [5, 5.41) is 0. The van der Waals surface area contributed by atoms with Gasteiger partial charge in [0.05, 0.1) is 0 Å². The molecule has 2 rings (SSSR count). The maximum atomic E-state index is 14.2. The Morgan fingerprint density at radius 1 is 1.41 bits per heavy atom. The topological polar surface area (TPSA) is 3.24 Å². The molecule has 1 aliphatic heterocycles. The van der Waals surface area contributed by atoms with Crippen molar-refractivity contribution in [3.63, 3.8) is 0 Å². The zero-order valence-electron chi connectivity index (χ0n) is 10.4. The molecule has 0 amide bonds. The molecule has 1 aliphatic rings. The number of rotatable bonds is 3. The SMILES string of the molecule is CCN1CC=C(c2cccc(SC)c2F)CC1. The highest BCUT2D eigenvalue weighted by Gasteiger charge is 2.15. The van der Waals surface area contributed by atoms with E-state index in [-0.39, 0.29) is 5.82 Å². The van der Waals surface area contributed by atoms with Gasteiger partial charge in [-0.3, -0.25) is 4.90 Å². The predicted octanol–water partition coefficient (Wildman–Crippen LogP) is 3.66. The molecule has 3 heteroatoms. The van der Waals surface area contributed by atoms with Crippen molar-refractivity contribution in [2.75, 3.05) is 25.9 Å². The lowest BCUT2D eigenvalue weighted by Gasteiger charge is -2.25. The first-order valence-corrected chi connectivity index (χ1v) is 7.23. The van der Waals surface area contributed by atoms with Gasteiger partial charge in [-0.1, -0.05) is 25.1 Å². The number of halogens is 1. The van der Waals surface area contributed by atoms with E-state index in [0.29, 0.717) is 0 Å². The second kappa shape index (κ2) is 5.69. The first-order chi connectivity index (χ1) is 8.26. The van der Waals surface area contributed by atoms with E-state index in [9.17, 15) is 4.39 Å². The molecular formula is C14H18FNS. The molecule has 0 saturated heterocycles. The van der Waals surface area contributed by atoms with E-state index >= 15 is 0 Å². The van der Waals surface area contributed by atoms with E-state index in [1.807, 2.05) is 24.5 Å². The van der Waals surface area contributed by atoms with Crippen molar-refractivity contribution < 1.29 is 4.39 Å². The van der Waals surface area contributed by atoms with Crippen molar-refractivity contribution in [2.24, 2.45) is 0 Å². The standard InChI is InChI=1S/C14H18FNS/c1-3-16-9-7-11(8-10-16)12-5-4-6-13(17-2)14(12)15/h4-7H,3,8-10H2,1-2H3. The number of hydrogen-bond acceptors (Lipinski definition) is 2. The molecule has 1 heterocycles. The van der Waals surface area contributed by atoms with Crippen LogP contribution in [0.3, 0.4) is 0 Å². The first-order valence-electron chi connectivity index (χ1n) is 6.00. The summed E-state index contributed by atoms with van der Waals surface area (Å²) in [6.07, 6.45) is 5.02. The van der Waals surface area contributed by atoms with Crippen LogP contribution in [0.25, 0.3) is 5.57 Å². The van der Waals surface area contributed by atoms with Crippen LogP contribution in [0.15, 0.2) is 29.2 Å². The van der Waals surface area contributed by atoms with E-state index in [1.54, 1.807) is 0 Å². The van der Waals surface area contributed by atoms with Crippen LogP contribution in [0.2, 0.25) is 0 Å². The van der Waals surface area contributed by atoms with Crippen molar-refractivity contribution in [3.8, 4) is 0 Å². The summed E-state index contributed by atoms with van der Waals surface area (Å²) >= 11 is 1.47. The van der Waals surface area contributed by atoms with Crippen molar-refractivity contribution >= 4 is 17.3 Å². The summed E-state index contributed by atoms with van der Waals surface area (Å²) < 4.78 is 14.2. The minimum atomic E-state index is -0.0591. The molecule has 17 heavy (non-hydrogen) atoms. The van der Waals surface area contributed by atoms with Crippen molar-refractivity contribution in [1.29, 1.82) is 0 Å². The fourth-order valence-electron chi connectivity index (χ4n) is 2.16. The predicted molar refractivity (Wildman–Crippen MR) is 72.9 cm³/mol. The molecule has 0 fully saturated rings. The fourth-order valence-corrected chi connectivity index (χ4v) is 2.66. The molecule has 0 aliphatic carbocycles. The Kier molecular flexibility index (Phi) is 4.24. The second-order valence-electron chi connectivity index (χ2n) is 4.19. The lowest BCUT2D eigenvalue weighted by atomic mass is 9.99. The molecule has 1 aromatic rings. The van der Waals surface area contributed by atoms with Crippen LogP contribution >= 0.6 is 11.8 Å². The minimum absolute atomic E-state index is 0.0591. The minimum Gasteiger partial charge on any atom is -0.300 e. The van der Waals surface area contributed by atoms with Crippen LogP contribution in [0, 0.1) is 5.82 Å². The van der Waals surface area contributed by atoms with Crippen molar-refractivity contribution in [3.05, 3.63) is 35.7 Å². The lowest BCUT2D eigenvalue weighted by molar-refractivity contribution is 0.318. The maximum Gasteiger partial charge on any atom is 0.144 e. The van der Waals surface area contributed by atoms with Crippen LogP contribution in [0.5, 0.6) is 0 Å². The Morgan fingerprint density at radius 2 is 2.24 bits per heavy atom. The maximum absolute atomic E-state index is 14.2. The van der Waals surface area contributed by atoms with Gasteiger partial charge in [-0.2, -0.15) is 0 Å². The monoisotopic (exact) mass is 251 g/mol. The molecule has 0 atom stereocenters. The number of thioether (sulfide) groups is 1. The quantitative estimate of drug-likeness (QED) is 0.754. The third-order valence-electron chi connectivity index (χ3n) is 3.27. The third kappa shape index (κ3) is 2.72. The first kappa shape index (κ1) is 12.7. The van der Waals surface area contributed by atoms with Crippen molar-refractivity contribution in [1.82, 2.24) is 4.90 Å². The summed E-state index contributed by atoms with van der Waals surface area (Å²) in [7, 11) is 0. The highest BCUT2D eigenvalue weighted by molar-refractivity contribution is 7.98. The molecular weight excluding hydrogens is 233 g/mol. The summed E-state index contributed by atoms with van der Waals surface area (Å²) in [5.41, 5.74) is 1.94. The molecule has 0 spiro atoms. The average Bonchev–Trinajstić information content (AvgIpc) is 2.39. The molecule has 92 valence electrons. The van der Waals surface area contributed by atoms with Gasteiger partial charge in [0.2, 0.25) is 0 Å². The highest BCUT2D eigenvalue weighted by Crippen LogP contribution is 2.29. The Balaban J connectivity index is 2.26. The van der Waals surface area contributed by atoms with Gasteiger partial charge in [0.15, 0.2) is 0 Å². The zero-order chi connectivity index (χ0) is 12.3. The summed E-state index contributed by atoms with van der Waals surface area (Å²) in [6.45, 7) is 5.20. The fraction of sp³-hybridized carbons (Fsp3) is 0.429. The largest absolute Gasteiger partial charge is 0.300 e. The van der Waals surface area contributed by atoms with E-state index in [2.05, 4.69) is 17.9 Å². The van der Waals surface area contributed by atoms with Gasteiger partial charge in [0.25, 0.3) is 0 Å².